The van der Waals surface area contributed by atoms with Crippen LogP contribution in [0.25, 0.3) is 0 Å². The van der Waals surface area contributed by atoms with Crippen molar-refractivity contribution in [2.24, 2.45) is 0 Å². The lowest BCUT2D eigenvalue weighted by molar-refractivity contribution is -0.133. The third-order valence-electron chi connectivity index (χ3n) is 2.84. The molecule has 2 rings (SSSR count). The molecule has 0 spiro atoms. The van der Waals surface area contributed by atoms with E-state index < -0.39 is 0 Å². The second-order valence-electron chi connectivity index (χ2n) is 4.01. The van der Waals surface area contributed by atoms with Crippen molar-refractivity contribution >= 4 is 17.7 Å². The second kappa shape index (κ2) is 6.12. The second-order valence-corrected chi connectivity index (χ2v) is 5.16. The van der Waals surface area contributed by atoms with Gasteiger partial charge in [-0.3, -0.25) is 4.79 Å². The zero-order chi connectivity index (χ0) is 12.1. The van der Waals surface area contributed by atoms with Gasteiger partial charge in [0.15, 0.2) is 0 Å². The number of furan rings is 1. The molecule has 1 aliphatic heterocycles. The van der Waals surface area contributed by atoms with Crippen LogP contribution in [-0.2, 0) is 11.3 Å². The summed E-state index contributed by atoms with van der Waals surface area (Å²) in [6.45, 7) is 4.18. The van der Waals surface area contributed by atoms with Crippen molar-refractivity contribution in [2.45, 2.75) is 19.5 Å². The van der Waals surface area contributed by atoms with E-state index in [1.54, 1.807) is 6.26 Å². The van der Waals surface area contributed by atoms with Gasteiger partial charge in [-0.25, -0.2) is 0 Å². The number of likely N-dealkylation sites (N-methyl/N-ethyl adjacent to an activating group) is 1. The summed E-state index contributed by atoms with van der Waals surface area (Å²) in [5.41, 5.74) is 0. The first-order valence-electron chi connectivity index (χ1n) is 5.93. The topological polar surface area (TPSA) is 45.5 Å². The van der Waals surface area contributed by atoms with Crippen LogP contribution in [-0.4, -0.2) is 41.4 Å². The van der Waals surface area contributed by atoms with Crippen molar-refractivity contribution in [3.05, 3.63) is 24.2 Å². The molecule has 0 aromatic carbocycles. The van der Waals surface area contributed by atoms with E-state index in [4.69, 9.17) is 4.42 Å². The van der Waals surface area contributed by atoms with E-state index in [9.17, 15) is 4.79 Å². The first-order valence-corrected chi connectivity index (χ1v) is 7.09. The van der Waals surface area contributed by atoms with Crippen molar-refractivity contribution in [2.75, 3.05) is 24.6 Å². The van der Waals surface area contributed by atoms with Gasteiger partial charge in [-0.15, -0.1) is 0 Å². The molecule has 0 radical (unpaired) electrons. The van der Waals surface area contributed by atoms with Crippen LogP contribution in [0.3, 0.4) is 0 Å². The SMILES string of the molecule is CCN(Cc1ccco1)C(=O)C1CSCCN1. The van der Waals surface area contributed by atoms with Crippen LogP contribution in [0.15, 0.2) is 22.8 Å². The van der Waals surface area contributed by atoms with E-state index in [-0.39, 0.29) is 11.9 Å². The fourth-order valence-electron chi connectivity index (χ4n) is 1.88. The molecule has 1 amide bonds. The predicted octanol–water partition coefficient (Wildman–Crippen LogP) is 1.33. The van der Waals surface area contributed by atoms with Crippen LogP contribution in [0.5, 0.6) is 0 Å². The lowest BCUT2D eigenvalue weighted by Crippen LogP contribution is -2.50. The summed E-state index contributed by atoms with van der Waals surface area (Å²) in [6, 6.07) is 3.71. The monoisotopic (exact) mass is 254 g/mol. The molecule has 1 N–H and O–H groups in total. The summed E-state index contributed by atoms with van der Waals surface area (Å²) in [7, 11) is 0. The highest BCUT2D eigenvalue weighted by molar-refractivity contribution is 7.99. The van der Waals surface area contributed by atoms with Gasteiger partial charge in [0.25, 0.3) is 0 Å². The number of rotatable bonds is 4. The Balaban J connectivity index is 1.94. The van der Waals surface area contributed by atoms with Crippen molar-refractivity contribution in [3.8, 4) is 0 Å². The number of amides is 1. The third kappa shape index (κ3) is 3.26. The molecule has 4 nitrogen and oxygen atoms in total. The minimum Gasteiger partial charge on any atom is -0.467 e. The standard InChI is InChI=1S/C12H18N2O2S/c1-2-14(8-10-4-3-6-16-10)12(15)11-9-17-7-5-13-11/h3-4,6,11,13H,2,5,7-9H2,1H3. The van der Waals surface area contributed by atoms with Crippen LogP contribution in [0.4, 0.5) is 0 Å². The van der Waals surface area contributed by atoms with Gasteiger partial charge in [0.05, 0.1) is 18.8 Å². The van der Waals surface area contributed by atoms with Gasteiger partial charge < -0.3 is 14.6 Å². The van der Waals surface area contributed by atoms with E-state index in [0.717, 1.165) is 23.8 Å². The maximum atomic E-state index is 12.3. The third-order valence-corrected chi connectivity index (χ3v) is 3.90. The van der Waals surface area contributed by atoms with Crippen LogP contribution in [0.1, 0.15) is 12.7 Å². The molecule has 0 bridgehead atoms. The summed E-state index contributed by atoms with van der Waals surface area (Å²) in [5.74, 6) is 2.97. The van der Waals surface area contributed by atoms with Gasteiger partial charge in [0, 0.05) is 24.6 Å². The fourth-order valence-corrected chi connectivity index (χ4v) is 2.81. The first kappa shape index (κ1) is 12.5. The Labute approximate surface area is 106 Å². The van der Waals surface area contributed by atoms with Crippen LogP contribution < -0.4 is 5.32 Å². The fraction of sp³-hybridized carbons (Fsp3) is 0.583. The van der Waals surface area contributed by atoms with Crippen LogP contribution >= 0.6 is 11.8 Å². The Hall–Kier alpha value is -0.940. The molecule has 1 aromatic heterocycles. The number of carbonyl (C=O) groups is 1. The summed E-state index contributed by atoms with van der Waals surface area (Å²) >= 11 is 1.83. The van der Waals surface area contributed by atoms with Crippen molar-refractivity contribution in [1.82, 2.24) is 10.2 Å². The highest BCUT2D eigenvalue weighted by atomic mass is 32.2. The Morgan fingerprint density at radius 3 is 3.18 bits per heavy atom. The van der Waals surface area contributed by atoms with Gasteiger partial charge in [0.2, 0.25) is 5.91 Å². The molecule has 1 fully saturated rings. The van der Waals surface area contributed by atoms with Gasteiger partial charge in [-0.2, -0.15) is 11.8 Å². The smallest absolute Gasteiger partial charge is 0.240 e. The number of carbonyl (C=O) groups excluding carboxylic acids is 1. The Kier molecular flexibility index (Phi) is 4.50. The zero-order valence-corrected chi connectivity index (χ0v) is 10.8. The molecule has 1 aromatic rings. The summed E-state index contributed by atoms with van der Waals surface area (Å²) in [5, 5.41) is 3.27. The van der Waals surface area contributed by atoms with Gasteiger partial charge >= 0.3 is 0 Å². The normalized spacial score (nSPS) is 20.2. The molecule has 0 saturated carbocycles. The molecule has 1 unspecified atom stereocenters. The maximum Gasteiger partial charge on any atom is 0.240 e. The highest BCUT2D eigenvalue weighted by Crippen LogP contribution is 2.12. The molecule has 94 valence electrons. The molecule has 0 aliphatic carbocycles. The van der Waals surface area contributed by atoms with Gasteiger partial charge in [-0.05, 0) is 19.1 Å². The lowest BCUT2D eigenvalue weighted by atomic mass is 10.2. The van der Waals surface area contributed by atoms with Crippen molar-refractivity contribution in [1.29, 1.82) is 0 Å². The van der Waals surface area contributed by atoms with E-state index in [1.165, 1.54) is 0 Å². The van der Waals surface area contributed by atoms with E-state index in [1.807, 2.05) is 35.7 Å². The Morgan fingerprint density at radius 2 is 2.59 bits per heavy atom. The maximum absolute atomic E-state index is 12.3. The van der Waals surface area contributed by atoms with Gasteiger partial charge in [0.1, 0.15) is 5.76 Å². The average molecular weight is 254 g/mol. The molecular formula is C12H18N2O2S. The quantitative estimate of drug-likeness (QED) is 0.880. The summed E-state index contributed by atoms with van der Waals surface area (Å²) in [6.07, 6.45) is 1.64. The molecular weight excluding hydrogens is 236 g/mol. The van der Waals surface area contributed by atoms with E-state index >= 15 is 0 Å². The lowest BCUT2D eigenvalue weighted by Gasteiger charge is -2.28. The number of nitrogens with zero attached hydrogens (tertiary/aromatic N) is 1. The molecule has 17 heavy (non-hydrogen) atoms. The molecule has 1 saturated heterocycles. The van der Waals surface area contributed by atoms with Crippen LogP contribution in [0, 0.1) is 0 Å². The average Bonchev–Trinajstić information content (AvgIpc) is 2.89. The van der Waals surface area contributed by atoms with E-state index in [0.29, 0.717) is 13.1 Å². The molecule has 2 heterocycles. The van der Waals surface area contributed by atoms with Crippen LogP contribution in [0.2, 0.25) is 0 Å². The minimum atomic E-state index is -0.0383. The molecule has 1 aliphatic rings. The van der Waals surface area contributed by atoms with Gasteiger partial charge in [-0.1, -0.05) is 0 Å². The Morgan fingerprint density at radius 1 is 1.71 bits per heavy atom. The van der Waals surface area contributed by atoms with E-state index in [2.05, 4.69) is 5.32 Å². The predicted molar refractivity (Wildman–Crippen MR) is 68.9 cm³/mol. The highest BCUT2D eigenvalue weighted by Gasteiger charge is 2.25. The number of hydrogen-bond acceptors (Lipinski definition) is 4. The summed E-state index contributed by atoms with van der Waals surface area (Å²) < 4.78 is 5.28. The first-order chi connectivity index (χ1) is 8.31. The largest absolute Gasteiger partial charge is 0.467 e. The zero-order valence-electron chi connectivity index (χ0n) is 10.0. The number of nitrogens with one attached hydrogen (secondary N) is 1. The summed E-state index contributed by atoms with van der Waals surface area (Å²) in [4.78, 5) is 14.1. The molecule has 1 atom stereocenters. The Bertz CT molecular complexity index is 347. The van der Waals surface area contributed by atoms with Crippen molar-refractivity contribution < 1.29 is 9.21 Å². The number of hydrogen-bond donors (Lipinski definition) is 1. The van der Waals surface area contributed by atoms with Crippen molar-refractivity contribution in [3.63, 3.8) is 0 Å². The number of thioether (sulfide) groups is 1. The molecule has 5 heteroatoms. The minimum absolute atomic E-state index is 0.0383.